The maximum absolute atomic E-state index is 12.9. The molecule has 0 bridgehead atoms. The average Bonchev–Trinajstić information content (AvgIpc) is 2.82. The van der Waals surface area contributed by atoms with Crippen LogP contribution in [-0.4, -0.2) is 18.4 Å². The van der Waals surface area contributed by atoms with E-state index < -0.39 is 0 Å². The summed E-state index contributed by atoms with van der Waals surface area (Å²) in [5, 5.41) is 0. The first kappa shape index (κ1) is 17.2. The molecule has 2 amide bonds. The van der Waals surface area contributed by atoms with Crippen molar-refractivity contribution in [2.75, 3.05) is 11.5 Å². The minimum Gasteiger partial charge on any atom is -0.494 e. The molecule has 130 valence electrons. The van der Waals surface area contributed by atoms with Crippen molar-refractivity contribution in [3.63, 3.8) is 0 Å². The molecule has 0 radical (unpaired) electrons. The summed E-state index contributed by atoms with van der Waals surface area (Å²) in [7, 11) is 0. The van der Waals surface area contributed by atoms with Crippen LogP contribution in [0, 0.1) is 18.8 Å². The number of carbonyl (C=O) groups excluding carboxylic acids is 2. The number of benzene rings is 2. The van der Waals surface area contributed by atoms with Gasteiger partial charge in [-0.25, -0.2) is 0 Å². The smallest absolute Gasteiger partial charge is 0.238 e. The molecule has 1 aliphatic rings. The molecule has 2 aromatic rings. The Morgan fingerprint density at radius 1 is 0.960 bits per heavy atom. The van der Waals surface area contributed by atoms with Crippen LogP contribution in [0.1, 0.15) is 25.0 Å². The van der Waals surface area contributed by atoms with E-state index in [1.807, 2.05) is 45.0 Å². The number of amides is 2. The number of rotatable bonds is 5. The van der Waals surface area contributed by atoms with E-state index in [1.165, 1.54) is 10.5 Å². The van der Waals surface area contributed by atoms with Crippen molar-refractivity contribution in [1.29, 1.82) is 0 Å². The molecule has 2 atom stereocenters. The summed E-state index contributed by atoms with van der Waals surface area (Å²) in [6.45, 7) is 6.37. The van der Waals surface area contributed by atoms with Gasteiger partial charge in [-0.3, -0.25) is 14.5 Å². The van der Waals surface area contributed by atoms with Crippen molar-refractivity contribution in [3.05, 3.63) is 59.7 Å². The second-order valence-electron chi connectivity index (χ2n) is 6.52. The van der Waals surface area contributed by atoms with Crippen LogP contribution in [0.5, 0.6) is 5.75 Å². The van der Waals surface area contributed by atoms with Gasteiger partial charge in [0, 0.05) is 5.92 Å². The highest BCUT2D eigenvalue weighted by Gasteiger charge is 2.45. The first-order valence-corrected chi connectivity index (χ1v) is 8.67. The van der Waals surface area contributed by atoms with E-state index in [0.717, 1.165) is 11.3 Å². The maximum atomic E-state index is 12.9. The van der Waals surface area contributed by atoms with E-state index in [1.54, 1.807) is 24.3 Å². The number of anilines is 1. The summed E-state index contributed by atoms with van der Waals surface area (Å²) in [4.78, 5) is 26.9. The number of aryl methyl sites for hydroxylation is 1. The van der Waals surface area contributed by atoms with Gasteiger partial charge in [-0.1, -0.05) is 36.8 Å². The molecule has 4 heteroatoms. The SMILES string of the molecule is CCOc1ccc(N2C(=O)[C@H](C)[C@@H](Cc3ccc(C)cc3)C2=O)cc1. The molecule has 2 aromatic carbocycles. The second kappa shape index (κ2) is 7.09. The Morgan fingerprint density at radius 2 is 1.60 bits per heavy atom. The summed E-state index contributed by atoms with van der Waals surface area (Å²) >= 11 is 0. The predicted octanol–water partition coefficient (Wildman–Crippen LogP) is 3.76. The van der Waals surface area contributed by atoms with Gasteiger partial charge in [-0.05, 0) is 50.1 Å². The van der Waals surface area contributed by atoms with Gasteiger partial charge >= 0.3 is 0 Å². The lowest BCUT2D eigenvalue weighted by atomic mass is 9.90. The van der Waals surface area contributed by atoms with Crippen LogP contribution < -0.4 is 9.64 Å². The van der Waals surface area contributed by atoms with Gasteiger partial charge < -0.3 is 4.74 Å². The number of carbonyl (C=O) groups is 2. The predicted molar refractivity (Wildman–Crippen MR) is 97.6 cm³/mol. The molecule has 1 fully saturated rings. The van der Waals surface area contributed by atoms with Crippen LogP contribution in [-0.2, 0) is 16.0 Å². The number of ether oxygens (including phenoxy) is 1. The number of nitrogens with zero attached hydrogens (tertiary/aromatic N) is 1. The van der Waals surface area contributed by atoms with Crippen LogP contribution in [0.3, 0.4) is 0 Å². The molecule has 0 spiro atoms. The van der Waals surface area contributed by atoms with E-state index in [9.17, 15) is 9.59 Å². The van der Waals surface area contributed by atoms with Gasteiger partial charge in [0.25, 0.3) is 0 Å². The largest absolute Gasteiger partial charge is 0.494 e. The fourth-order valence-corrected chi connectivity index (χ4v) is 3.22. The van der Waals surface area contributed by atoms with E-state index in [-0.39, 0.29) is 23.7 Å². The second-order valence-corrected chi connectivity index (χ2v) is 6.52. The summed E-state index contributed by atoms with van der Waals surface area (Å²) in [5.41, 5.74) is 2.87. The lowest BCUT2D eigenvalue weighted by molar-refractivity contribution is -0.122. The minimum absolute atomic E-state index is 0.123. The Hall–Kier alpha value is -2.62. The fourth-order valence-electron chi connectivity index (χ4n) is 3.22. The Morgan fingerprint density at radius 3 is 2.20 bits per heavy atom. The number of imide groups is 1. The zero-order chi connectivity index (χ0) is 18.0. The quantitative estimate of drug-likeness (QED) is 0.781. The molecule has 1 saturated heterocycles. The van der Waals surface area contributed by atoms with Crippen molar-refractivity contribution in [1.82, 2.24) is 0 Å². The fraction of sp³-hybridized carbons (Fsp3) is 0.333. The molecule has 3 rings (SSSR count). The lowest BCUT2D eigenvalue weighted by Gasteiger charge is -2.15. The molecular weight excluding hydrogens is 314 g/mol. The number of hydrogen-bond acceptors (Lipinski definition) is 3. The minimum atomic E-state index is -0.319. The van der Waals surface area contributed by atoms with Crippen molar-refractivity contribution in [3.8, 4) is 5.75 Å². The Bertz CT molecular complexity index is 765. The molecular formula is C21H23NO3. The Balaban J connectivity index is 1.81. The van der Waals surface area contributed by atoms with Gasteiger partial charge in [0.05, 0.1) is 18.2 Å². The highest BCUT2D eigenvalue weighted by Crippen LogP contribution is 2.33. The van der Waals surface area contributed by atoms with Crippen LogP contribution in [0.15, 0.2) is 48.5 Å². The van der Waals surface area contributed by atoms with Gasteiger partial charge in [0.1, 0.15) is 5.75 Å². The van der Waals surface area contributed by atoms with Gasteiger partial charge in [0.2, 0.25) is 11.8 Å². The first-order valence-electron chi connectivity index (χ1n) is 8.67. The van der Waals surface area contributed by atoms with E-state index in [2.05, 4.69) is 0 Å². The van der Waals surface area contributed by atoms with Crippen LogP contribution in [0.4, 0.5) is 5.69 Å². The zero-order valence-electron chi connectivity index (χ0n) is 14.9. The van der Waals surface area contributed by atoms with Crippen LogP contribution in [0.25, 0.3) is 0 Å². The Labute approximate surface area is 148 Å². The highest BCUT2D eigenvalue weighted by atomic mass is 16.5. The van der Waals surface area contributed by atoms with Crippen molar-refractivity contribution in [2.24, 2.45) is 11.8 Å². The molecule has 0 aliphatic carbocycles. The molecule has 25 heavy (non-hydrogen) atoms. The monoisotopic (exact) mass is 337 g/mol. The molecule has 4 nitrogen and oxygen atoms in total. The van der Waals surface area contributed by atoms with Crippen molar-refractivity contribution >= 4 is 17.5 Å². The first-order chi connectivity index (χ1) is 12.0. The molecule has 0 unspecified atom stereocenters. The lowest BCUT2D eigenvalue weighted by Crippen LogP contribution is -2.31. The summed E-state index contributed by atoms with van der Waals surface area (Å²) < 4.78 is 5.42. The van der Waals surface area contributed by atoms with Gasteiger partial charge in [0.15, 0.2) is 0 Å². The third-order valence-corrected chi connectivity index (χ3v) is 4.73. The normalized spacial score (nSPS) is 20.2. The van der Waals surface area contributed by atoms with Gasteiger partial charge in [-0.2, -0.15) is 0 Å². The standard InChI is InChI=1S/C21H23NO3/c1-4-25-18-11-9-17(10-12-18)22-20(23)15(3)19(21(22)24)13-16-7-5-14(2)6-8-16/h5-12,15,19H,4,13H2,1-3H3/t15-,19-/m1/s1. The third-order valence-electron chi connectivity index (χ3n) is 4.73. The number of hydrogen-bond donors (Lipinski definition) is 0. The molecule has 1 heterocycles. The molecule has 0 N–H and O–H groups in total. The average molecular weight is 337 g/mol. The topological polar surface area (TPSA) is 46.6 Å². The Kier molecular flexibility index (Phi) is 4.88. The van der Waals surface area contributed by atoms with Crippen molar-refractivity contribution in [2.45, 2.75) is 27.2 Å². The summed E-state index contributed by atoms with van der Waals surface area (Å²) in [6.07, 6.45) is 0.583. The summed E-state index contributed by atoms with van der Waals surface area (Å²) in [5.74, 6) is -0.162. The maximum Gasteiger partial charge on any atom is 0.238 e. The van der Waals surface area contributed by atoms with E-state index >= 15 is 0 Å². The van der Waals surface area contributed by atoms with Crippen LogP contribution >= 0.6 is 0 Å². The van der Waals surface area contributed by atoms with E-state index in [0.29, 0.717) is 18.7 Å². The molecule has 1 aliphatic heterocycles. The highest BCUT2D eigenvalue weighted by molar-refractivity contribution is 6.22. The van der Waals surface area contributed by atoms with Crippen LogP contribution in [0.2, 0.25) is 0 Å². The van der Waals surface area contributed by atoms with Gasteiger partial charge in [-0.15, -0.1) is 0 Å². The molecule has 0 saturated carbocycles. The summed E-state index contributed by atoms with van der Waals surface area (Å²) in [6, 6.07) is 15.2. The van der Waals surface area contributed by atoms with Crippen molar-refractivity contribution < 1.29 is 14.3 Å². The zero-order valence-corrected chi connectivity index (χ0v) is 14.9. The third kappa shape index (κ3) is 3.43. The molecule has 0 aromatic heterocycles. The van der Waals surface area contributed by atoms with E-state index in [4.69, 9.17) is 4.74 Å².